The molecule has 0 spiro atoms. The van der Waals surface area contributed by atoms with Gasteiger partial charge < -0.3 is 19.5 Å². The third kappa shape index (κ3) is 2.23. The van der Waals surface area contributed by atoms with Gasteiger partial charge in [0, 0.05) is 13.1 Å². The van der Waals surface area contributed by atoms with Crippen LogP contribution in [0.2, 0.25) is 0 Å². The number of hydrogen-bond donors (Lipinski definition) is 1. The van der Waals surface area contributed by atoms with Crippen LogP contribution in [0.4, 0.5) is 0 Å². The number of amides is 1. The zero-order valence-corrected chi connectivity index (χ0v) is 10.1. The molecule has 1 N–H and O–H groups in total. The van der Waals surface area contributed by atoms with E-state index in [1.165, 1.54) is 0 Å². The Kier molecular flexibility index (Phi) is 3.24. The van der Waals surface area contributed by atoms with Crippen LogP contribution in [-0.2, 0) is 4.74 Å². The first-order chi connectivity index (χ1) is 8.84. The van der Waals surface area contributed by atoms with Crippen LogP contribution in [0.15, 0.2) is 4.52 Å². The van der Waals surface area contributed by atoms with Crippen molar-refractivity contribution in [3.8, 4) is 0 Å². The van der Waals surface area contributed by atoms with Gasteiger partial charge in [-0.3, -0.25) is 4.79 Å². The maximum Gasteiger partial charge on any atom is 0.295 e. The van der Waals surface area contributed by atoms with Crippen molar-refractivity contribution in [2.24, 2.45) is 0 Å². The van der Waals surface area contributed by atoms with E-state index in [9.17, 15) is 4.79 Å². The molecule has 1 amide bonds. The van der Waals surface area contributed by atoms with Crippen molar-refractivity contribution in [3.63, 3.8) is 0 Å². The molecule has 1 unspecified atom stereocenters. The van der Waals surface area contributed by atoms with Gasteiger partial charge in [0.05, 0.1) is 19.3 Å². The summed E-state index contributed by atoms with van der Waals surface area (Å²) >= 11 is 0. The van der Waals surface area contributed by atoms with Crippen molar-refractivity contribution in [2.75, 3.05) is 32.8 Å². The number of carbonyl (C=O) groups excluding carboxylic acids is 1. The molecule has 3 heterocycles. The molecule has 3 rings (SSSR count). The standard InChI is InChI=1S/C11H16N4O3/c16-11(15-4-6-17-7-5-15)9-13-10(18-14-9)8-2-1-3-12-8/h8,12H,1-7H2. The lowest BCUT2D eigenvalue weighted by Crippen LogP contribution is -2.41. The normalized spacial score (nSPS) is 24.4. The smallest absolute Gasteiger partial charge is 0.295 e. The van der Waals surface area contributed by atoms with E-state index in [1.54, 1.807) is 4.90 Å². The van der Waals surface area contributed by atoms with Crippen molar-refractivity contribution >= 4 is 5.91 Å². The van der Waals surface area contributed by atoms with Crippen molar-refractivity contribution in [2.45, 2.75) is 18.9 Å². The van der Waals surface area contributed by atoms with E-state index in [-0.39, 0.29) is 17.8 Å². The second kappa shape index (κ2) is 5.03. The second-order valence-corrected chi connectivity index (χ2v) is 4.51. The monoisotopic (exact) mass is 252 g/mol. The molecule has 98 valence electrons. The molecule has 0 aliphatic carbocycles. The molecule has 7 heteroatoms. The number of ether oxygens (including phenoxy) is 1. The van der Waals surface area contributed by atoms with Gasteiger partial charge in [-0.15, -0.1) is 0 Å². The van der Waals surface area contributed by atoms with Crippen LogP contribution in [0.25, 0.3) is 0 Å². The Morgan fingerprint density at radius 3 is 2.94 bits per heavy atom. The highest BCUT2D eigenvalue weighted by Gasteiger charge is 2.27. The zero-order chi connectivity index (χ0) is 12.4. The maximum absolute atomic E-state index is 12.1. The Morgan fingerprint density at radius 1 is 1.39 bits per heavy atom. The van der Waals surface area contributed by atoms with Crippen LogP contribution in [-0.4, -0.2) is 53.8 Å². The third-order valence-corrected chi connectivity index (χ3v) is 3.29. The van der Waals surface area contributed by atoms with Crippen LogP contribution in [0.1, 0.15) is 35.4 Å². The second-order valence-electron chi connectivity index (χ2n) is 4.51. The summed E-state index contributed by atoms with van der Waals surface area (Å²) in [4.78, 5) is 18.0. The summed E-state index contributed by atoms with van der Waals surface area (Å²) in [5, 5.41) is 7.04. The van der Waals surface area contributed by atoms with Gasteiger partial charge in [0.1, 0.15) is 0 Å². The number of rotatable bonds is 2. The molecule has 1 atom stereocenters. The minimum absolute atomic E-state index is 0.101. The molecule has 2 fully saturated rings. The van der Waals surface area contributed by atoms with E-state index in [0.29, 0.717) is 32.2 Å². The summed E-state index contributed by atoms with van der Waals surface area (Å²) < 4.78 is 10.4. The highest BCUT2D eigenvalue weighted by atomic mass is 16.5. The molecular formula is C11H16N4O3. The SMILES string of the molecule is O=C(c1noc(C2CCCN2)n1)N1CCOCC1. The van der Waals surface area contributed by atoms with Gasteiger partial charge in [-0.25, -0.2) is 0 Å². The van der Waals surface area contributed by atoms with Gasteiger partial charge in [-0.1, -0.05) is 5.16 Å². The lowest BCUT2D eigenvalue weighted by Gasteiger charge is -2.25. The van der Waals surface area contributed by atoms with Crippen LogP contribution in [0, 0.1) is 0 Å². The number of carbonyl (C=O) groups is 1. The Balaban J connectivity index is 1.69. The quantitative estimate of drug-likeness (QED) is 0.796. The van der Waals surface area contributed by atoms with Gasteiger partial charge >= 0.3 is 0 Å². The number of nitrogens with one attached hydrogen (secondary N) is 1. The van der Waals surface area contributed by atoms with Crippen molar-refractivity contribution in [1.29, 1.82) is 0 Å². The molecule has 1 aromatic heterocycles. The van der Waals surface area contributed by atoms with Gasteiger partial charge in [-0.2, -0.15) is 4.98 Å². The van der Waals surface area contributed by atoms with Gasteiger partial charge in [0.15, 0.2) is 0 Å². The molecule has 2 aliphatic heterocycles. The first-order valence-electron chi connectivity index (χ1n) is 6.28. The van der Waals surface area contributed by atoms with Crippen molar-refractivity contribution < 1.29 is 14.1 Å². The molecule has 1 aromatic rings. The van der Waals surface area contributed by atoms with Gasteiger partial charge in [0.2, 0.25) is 5.89 Å². The van der Waals surface area contributed by atoms with Crippen molar-refractivity contribution in [3.05, 3.63) is 11.7 Å². The van der Waals surface area contributed by atoms with E-state index in [4.69, 9.17) is 9.26 Å². The lowest BCUT2D eigenvalue weighted by molar-refractivity contribution is 0.0293. The number of aromatic nitrogens is 2. The Hall–Kier alpha value is -1.47. The first-order valence-corrected chi connectivity index (χ1v) is 6.28. The summed E-state index contributed by atoms with van der Waals surface area (Å²) in [7, 11) is 0. The zero-order valence-electron chi connectivity index (χ0n) is 10.1. The highest BCUT2D eigenvalue weighted by molar-refractivity contribution is 5.90. The van der Waals surface area contributed by atoms with E-state index < -0.39 is 0 Å². The molecule has 0 saturated carbocycles. The Morgan fingerprint density at radius 2 is 2.22 bits per heavy atom. The van der Waals surface area contributed by atoms with E-state index in [0.717, 1.165) is 19.4 Å². The third-order valence-electron chi connectivity index (χ3n) is 3.29. The number of hydrogen-bond acceptors (Lipinski definition) is 6. The average molecular weight is 252 g/mol. The fourth-order valence-corrected chi connectivity index (χ4v) is 2.27. The molecule has 0 bridgehead atoms. The van der Waals surface area contributed by atoms with E-state index in [2.05, 4.69) is 15.5 Å². The largest absolute Gasteiger partial charge is 0.378 e. The lowest BCUT2D eigenvalue weighted by atomic mass is 10.2. The minimum atomic E-state index is -0.175. The predicted octanol–water partition coefficient (Wildman–Crippen LogP) is -0.0335. The molecule has 7 nitrogen and oxygen atoms in total. The Bertz CT molecular complexity index is 422. The summed E-state index contributed by atoms with van der Waals surface area (Å²) in [5.74, 6) is 0.496. The van der Waals surface area contributed by atoms with E-state index in [1.807, 2.05) is 0 Å². The maximum atomic E-state index is 12.1. The van der Waals surface area contributed by atoms with Crippen LogP contribution in [0.3, 0.4) is 0 Å². The fourth-order valence-electron chi connectivity index (χ4n) is 2.27. The molecule has 0 aromatic carbocycles. The summed E-state index contributed by atoms with van der Waals surface area (Å²) in [6.45, 7) is 3.27. The predicted molar refractivity (Wildman–Crippen MR) is 61.0 cm³/mol. The van der Waals surface area contributed by atoms with Crippen LogP contribution >= 0.6 is 0 Å². The molecule has 2 aliphatic rings. The fraction of sp³-hybridized carbons (Fsp3) is 0.727. The van der Waals surface area contributed by atoms with E-state index >= 15 is 0 Å². The molecule has 18 heavy (non-hydrogen) atoms. The van der Waals surface area contributed by atoms with Crippen LogP contribution in [0.5, 0.6) is 0 Å². The van der Waals surface area contributed by atoms with Gasteiger partial charge in [-0.05, 0) is 19.4 Å². The summed E-state index contributed by atoms with van der Waals surface area (Å²) in [5.41, 5.74) is 0. The first kappa shape index (κ1) is 11.6. The average Bonchev–Trinajstić information content (AvgIpc) is 3.09. The summed E-state index contributed by atoms with van der Waals surface area (Å²) in [6, 6.07) is 0.101. The summed E-state index contributed by atoms with van der Waals surface area (Å²) in [6.07, 6.45) is 2.08. The minimum Gasteiger partial charge on any atom is -0.378 e. The van der Waals surface area contributed by atoms with Crippen LogP contribution < -0.4 is 5.32 Å². The number of morpholine rings is 1. The topological polar surface area (TPSA) is 80.5 Å². The highest BCUT2D eigenvalue weighted by Crippen LogP contribution is 2.21. The number of nitrogens with zero attached hydrogens (tertiary/aromatic N) is 3. The van der Waals surface area contributed by atoms with Gasteiger partial charge in [0.25, 0.3) is 11.7 Å². The van der Waals surface area contributed by atoms with Crippen molar-refractivity contribution in [1.82, 2.24) is 20.4 Å². The molecular weight excluding hydrogens is 236 g/mol. The molecule has 0 radical (unpaired) electrons. The molecule has 2 saturated heterocycles. The Labute approximate surface area is 104 Å².